The first-order valence-corrected chi connectivity index (χ1v) is 11.2. The van der Waals surface area contributed by atoms with Gasteiger partial charge in [0.25, 0.3) is 0 Å². The van der Waals surface area contributed by atoms with Crippen molar-refractivity contribution in [2.24, 2.45) is 5.92 Å². The molecule has 5 rings (SSSR count). The minimum absolute atomic E-state index is 0.0184. The van der Waals surface area contributed by atoms with E-state index in [4.69, 9.17) is 4.74 Å². The van der Waals surface area contributed by atoms with E-state index < -0.39 is 0 Å². The molecule has 0 bridgehead atoms. The van der Waals surface area contributed by atoms with Crippen molar-refractivity contribution in [3.63, 3.8) is 0 Å². The molecule has 3 aromatic rings. The van der Waals surface area contributed by atoms with Gasteiger partial charge in [0.05, 0.1) is 12.6 Å². The van der Waals surface area contributed by atoms with E-state index >= 15 is 0 Å². The van der Waals surface area contributed by atoms with Gasteiger partial charge in [-0.2, -0.15) is 0 Å². The number of carbonyl (C=O) groups excluding carboxylic acids is 1. The van der Waals surface area contributed by atoms with Gasteiger partial charge >= 0.3 is 0 Å². The van der Waals surface area contributed by atoms with Gasteiger partial charge in [-0.05, 0) is 48.6 Å². The van der Waals surface area contributed by atoms with Crippen LogP contribution in [0.4, 0.5) is 0 Å². The van der Waals surface area contributed by atoms with Crippen LogP contribution in [0.1, 0.15) is 24.1 Å². The average Bonchev–Trinajstić information content (AvgIpc) is 3.56. The maximum absolute atomic E-state index is 13.2. The molecule has 1 amide bonds. The number of nitrogens with zero attached hydrogens (tertiary/aromatic N) is 6. The molecular formula is C24H28N6O2. The molecule has 0 aromatic carbocycles. The Labute approximate surface area is 187 Å². The fourth-order valence-corrected chi connectivity index (χ4v) is 4.08. The van der Waals surface area contributed by atoms with Crippen LogP contribution in [-0.4, -0.2) is 67.6 Å². The number of carbonyl (C=O) groups is 1. The van der Waals surface area contributed by atoms with Crippen LogP contribution >= 0.6 is 0 Å². The molecule has 0 spiro atoms. The zero-order valence-corrected chi connectivity index (χ0v) is 18.1. The van der Waals surface area contributed by atoms with Gasteiger partial charge in [-0.25, -0.2) is 9.97 Å². The third-order valence-corrected chi connectivity index (χ3v) is 5.94. The summed E-state index contributed by atoms with van der Waals surface area (Å²) in [5.74, 6) is 1.43. The molecule has 3 aromatic heterocycles. The molecule has 32 heavy (non-hydrogen) atoms. The van der Waals surface area contributed by atoms with Crippen molar-refractivity contribution in [2.45, 2.75) is 32.0 Å². The highest BCUT2D eigenvalue weighted by atomic mass is 16.5. The first-order valence-electron chi connectivity index (χ1n) is 11.2. The number of amides is 1. The van der Waals surface area contributed by atoms with Gasteiger partial charge < -0.3 is 9.64 Å². The molecule has 1 atom stereocenters. The summed E-state index contributed by atoms with van der Waals surface area (Å²) in [5.41, 5.74) is 2.08. The van der Waals surface area contributed by atoms with Gasteiger partial charge in [0.1, 0.15) is 0 Å². The third kappa shape index (κ3) is 5.20. The molecule has 2 aliphatic rings. The van der Waals surface area contributed by atoms with Crippen molar-refractivity contribution in [3.8, 4) is 5.95 Å². The Hall–Kier alpha value is -3.10. The maximum atomic E-state index is 13.2. The smallest absolute Gasteiger partial charge is 0.237 e. The molecule has 1 saturated carbocycles. The monoisotopic (exact) mass is 432 g/mol. The molecule has 0 N–H and O–H groups in total. The summed E-state index contributed by atoms with van der Waals surface area (Å²) in [6.45, 7) is 3.62. The van der Waals surface area contributed by atoms with Crippen LogP contribution in [0, 0.1) is 5.92 Å². The minimum atomic E-state index is -0.0184. The summed E-state index contributed by atoms with van der Waals surface area (Å²) in [5, 5.41) is 0. The third-order valence-electron chi connectivity index (χ3n) is 5.94. The lowest BCUT2D eigenvalue weighted by Gasteiger charge is -2.25. The summed E-state index contributed by atoms with van der Waals surface area (Å²) < 4.78 is 8.26. The highest BCUT2D eigenvalue weighted by Crippen LogP contribution is 2.29. The van der Waals surface area contributed by atoms with E-state index in [1.165, 1.54) is 12.8 Å². The lowest BCUT2D eigenvalue weighted by atomic mass is 10.2. The number of rotatable bonds is 8. The molecule has 4 heterocycles. The fraction of sp³-hybridized carbons (Fsp3) is 0.417. The Morgan fingerprint density at radius 2 is 1.88 bits per heavy atom. The SMILES string of the molecule is O=C1CN(Cc2cccn2-c2ncccn2)CC(OCC2CC2)CN1Cc1cccnc1. The van der Waals surface area contributed by atoms with Crippen molar-refractivity contribution in [2.75, 3.05) is 26.2 Å². The number of hydrogen-bond acceptors (Lipinski definition) is 6. The van der Waals surface area contributed by atoms with E-state index in [-0.39, 0.29) is 12.0 Å². The van der Waals surface area contributed by atoms with Crippen LogP contribution in [0.25, 0.3) is 5.95 Å². The average molecular weight is 433 g/mol. The van der Waals surface area contributed by atoms with Gasteiger partial charge in [0, 0.05) is 69.5 Å². The zero-order chi connectivity index (χ0) is 21.8. The Kier molecular flexibility index (Phi) is 6.22. The maximum Gasteiger partial charge on any atom is 0.237 e. The van der Waals surface area contributed by atoms with Crippen LogP contribution in [0.3, 0.4) is 0 Å². The number of pyridine rings is 1. The molecule has 2 fully saturated rings. The Morgan fingerprint density at radius 3 is 2.66 bits per heavy atom. The standard InChI is InChI=1S/C24H28N6O2/c31-23-17-28(14-21-5-2-11-30(21)24-26-9-3-10-27-24)15-22(32-18-19-6-7-19)16-29(23)13-20-4-1-8-25-12-20/h1-5,8-12,19,22H,6-7,13-18H2. The molecular weight excluding hydrogens is 404 g/mol. The van der Waals surface area contributed by atoms with Gasteiger partial charge in [-0.3, -0.25) is 19.2 Å². The second kappa shape index (κ2) is 9.58. The largest absolute Gasteiger partial charge is 0.375 e. The topological polar surface area (TPSA) is 76.4 Å². The molecule has 1 aliphatic heterocycles. The highest BCUT2D eigenvalue weighted by molar-refractivity contribution is 5.78. The van der Waals surface area contributed by atoms with Gasteiger partial charge in [-0.15, -0.1) is 0 Å². The van der Waals surface area contributed by atoms with Gasteiger partial charge in [0.2, 0.25) is 11.9 Å². The zero-order valence-electron chi connectivity index (χ0n) is 18.1. The second-order valence-corrected chi connectivity index (χ2v) is 8.62. The first kappa shape index (κ1) is 20.8. The van der Waals surface area contributed by atoms with Crippen LogP contribution in [0.5, 0.6) is 0 Å². The highest BCUT2D eigenvalue weighted by Gasteiger charge is 2.31. The van der Waals surface area contributed by atoms with E-state index in [9.17, 15) is 4.79 Å². The molecule has 8 nitrogen and oxygen atoms in total. The second-order valence-electron chi connectivity index (χ2n) is 8.62. The van der Waals surface area contributed by atoms with Gasteiger partial charge in [0.15, 0.2) is 0 Å². The van der Waals surface area contributed by atoms with Crippen molar-refractivity contribution < 1.29 is 9.53 Å². The molecule has 1 unspecified atom stereocenters. The molecule has 1 aliphatic carbocycles. The van der Waals surface area contributed by atoms with E-state index in [0.717, 1.165) is 17.9 Å². The van der Waals surface area contributed by atoms with Crippen LogP contribution in [0.15, 0.2) is 61.3 Å². The lowest BCUT2D eigenvalue weighted by molar-refractivity contribution is -0.132. The Morgan fingerprint density at radius 1 is 1.00 bits per heavy atom. The minimum Gasteiger partial charge on any atom is -0.375 e. The van der Waals surface area contributed by atoms with Crippen LogP contribution < -0.4 is 0 Å². The summed E-state index contributed by atoms with van der Waals surface area (Å²) in [6, 6.07) is 9.76. The first-order chi connectivity index (χ1) is 15.7. The predicted octanol–water partition coefficient (Wildman–Crippen LogP) is 2.30. The normalized spacial score (nSPS) is 19.8. The van der Waals surface area contributed by atoms with Crippen LogP contribution in [-0.2, 0) is 22.6 Å². The summed E-state index contributed by atoms with van der Waals surface area (Å²) >= 11 is 0. The summed E-state index contributed by atoms with van der Waals surface area (Å²) in [7, 11) is 0. The predicted molar refractivity (Wildman–Crippen MR) is 119 cm³/mol. The number of ether oxygens (including phenoxy) is 1. The summed E-state index contributed by atoms with van der Waals surface area (Å²) in [4.78, 5) is 30.2. The summed E-state index contributed by atoms with van der Waals surface area (Å²) in [6.07, 6.45) is 11.5. The molecule has 8 heteroatoms. The lowest BCUT2D eigenvalue weighted by Crippen LogP contribution is -2.37. The van der Waals surface area contributed by atoms with E-state index in [1.807, 2.05) is 40.1 Å². The molecule has 0 radical (unpaired) electrons. The fourth-order valence-electron chi connectivity index (χ4n) is 4.08. The quantitative estimate of drug-likeness (QED) is 0.544. The van der Waals surface area contributed by atoms with Crippen molar-refractivity contribution >= 4 is 5.91 Å². The van der Waals surface area contributed by atoms with Crippen LogP contribution in [0.2, 0.25) is 0 Å². The van der Waals surface area contributed by atoms with E-state index in [2.05, 4.69) is 25.9 Å². The van der Waals surface area contributed by atoms with Gasteiger partial charge in [-0.1, -0.05) is 6.07 Å². The van der Waals surface area contributed by atoms with Crippen molar-refractivity contribution in [1.82, 2.24) is 29.3 Å². The van der Waals surface area contributed by atoms with E-state index in [1.54, 1.807) is 24.7 Å². The molecule has 166 valence electrons. The van der Waals surface area contributed by atoms with E-state index in [0.29, 0.717) is 44.6 Å². The van der Waals surface area contributed by atoms with Crippen molar-refractivity contribution in [3.05, 3.63) is 72.6 Å². The van der Waals surface area contributed by atoms with Crippen molar-refractivity contribution in [1.29, 1.82) is 0 Å². The number of hydrogen-bond donors (Lipinski definition) is 0. The number of aromatic nitrogens is 4. The Bertz CT molecular complexity index is 1020. The molecule has 1 saturated heterocycles. The Balaban J connectivity index is 1.32.